The quantitative estimate of drug-likeness (QED) is 0.739. The van der Waals surface area contributed by atoms with Crippen LogP contribution in [0.4, 0.5) is 0 Å². The van der Waals surface area contributed by atoms with E-state index in [2.05, 4.69) is 15.9 Å². The molecule has 0 N–H and O–H groups in total. The highest BCUT2D eigenvalue weighted by molar-refractivity contribution is 9.11. The van der Waals surface area contributed by atoms with Crippen molar-refractivity contribution in [2.45, 2.75) is 12.8 Å². The van der Waals surface area contributed by atoms with Crippen LogP contribution < -0.4 is 0 Å². The van der Waals surface area contributed by atoms with Crippen LogP contribution in [-0.4, -0.2) is 24.8 Å². The number of carbonyl (C=O) groups excluding carboxylic acids is 1. The first kappa shape index (κ1) is 10.9. The number of hydrogen-bond donors (Lipinski definition) is 0. The average molecular weight is 286 g/mol. The van der Waals surface area contributed by atoms with Crippen LogP contribution in [0.2, 0.25) is 0 Å². The second kappa shape index (κ2) is 4.10. The van der Waals surface area contributed by atoms with Gasteiger partial charge in [-0.2, -0.15) is 0 Å². The van der Waals surface area contributed by atoms with E-state index in [4.69, 9.17) is 0 Å². The van der Waals surface area contributed by atoms with Crippen molar-refractivity contribution < 1.29 is 4.79 Å². The lowest BCUT2D eigenvalue weighted by atomic mass is 9.93. The summed E-state index contributed by atoms with van der Waals surface area (Å²) in [5, 5.41) is 0. The standard InChI is InChI=1S/C11H12BrNOS/c1-13(2)6-7-3-4-9-8(11(7)14)5-10(12)15-9/h5-6H,3-4H2,1-2H3. The number of allylic oxidation sites excluding steroid dienone is 1. The van der Waals surface area contributed by atoms with Gasteiger partial charge in [-0.05, 0) is 34.8 Å². The molecular weight excluding hydrogens is 274 g/mol. The molecular formula is C11H12BrNOS. The highest BCUT2D eigenvalue weighted by Gasteiger charge is 2.24. The van der Waals surface area contributed by atoms with Gasteiger partial charge in [-0.25, -0.2) is 0 Å². The third-order valence-electron chi connectivity index (χ3n) is 2.35. The lowest BCUT2D eigenvalue weighted by Crippen LogP contribution is -2.15. The molecule has 15 heavy (non-hydrogen) atoms. The molecule has 1 aliphatic carbocycles. The number of rotatable bonds is 1. The number of fused-ring (bicyclic) bond motifs is 1. The summed E-state index contributed by atoms with van der Waals surface area (Å²) in [6.45, 7) is 0. The maximum absolute atomic E-state index is 12.1. The van der Waals surface area contributed by atoms with Crippen LogP contribution in [0.5, 0.6) is 0 Å². The maximum Gasteiger partial charge on any atom is 0.191 e. The molecule has 0 atom stereocenters. The zero-order chi connectivity index (χ0) is 11.0. The Morgan fingerprint density at radius 2 is 2.20 bits per heavy atom. The molecule has 2 rings (SSSR count). The molecule has 0 unspecified atom stereocenters. The normalized spacial score (nSPS) is 18.1. The highest BCUT2D eigenvalue weighted by Crippen LogP contribution is 2.34. The summed E-state index contributed by atoms with van der Waals surface area (Å²) in [7, 11) is 3.89. The molecule has 0 fully saturated rings. The van der Waals surface area contributed by atoms with E-state index >= 15 is 0 Å². The van der Waals surface area contributed by atoms with Crippen LogP contribution in [0.15, 0.2) is 21.6 Å². The van der Waals surface area contributed by atoms with E-state index in [9.17, 15) is 4.79 Å². The minimum atomic E-state index is 0.187. The van der Waals surface area contributed by atoms with Gasteiger partial charge in [-0.15, -0.1) is 11.3 Å². The van der Waals surface area contributed by atoms with Crippen molar-refractivity contribution in [2.75, 3.05) is 14.1 Å². The van der Waals surface area contributed by atoms with Crippen molar-refractivity contribution in [1.82, 2.24) is 4.90 Å². The van der Waals surface area contributed by atoms with Crippen molar-refractivity contribution in [3.63, 3.8) is 0 Å². The molecule has 1 aromatic rings. The molecule has 1 aliphatic rings. The van der Waals surface area contributed by atoms with E-state index in [1.54, 1.807) is 11.3 Å². The molecule has 0 aromatic carbocycles. The molecule has 0 saturated carbocycles. The summed E-state index contributed by atoms with van der Waals surface area (Å²) in [6, 6.07) is 1.94. The number of ketones is 1. The number of carbonyl (C=O) groups is 1. The lowest BCUT2D eigenvalue weighted by Gasteiger charge is -2.15. The SMILES string of the molecule is CN(C)C=C1CCc2sc(Br)cc2C1=O. The van der Waals surface area contributed by atoms with Crippen LogP contribution in [0.1, 0.15) is 21.7 Å². The summed E-state index contributed by atoms with van der Waals surface area (Å²) >= 11 is 5.10. The minimum Gasteiger partial charge on any atom is -0.383 e. The fourth-order valence-corrected chi connectivity index (χ4v) is 3.44. The van der Waals surface area contributed by atoms with Gasteiger partial charge in [0.15, 0.2) is 5.78 Å². The van der Waals surface area contributed by atoms with Gasteiger partial charge in [0.25, 0.3) is 0 Å². The van der Waals surface area contributed by atoms with Crippen LogP contribution in [0, 0.1) is 0 Å². The second-order valence-electron chi connectivity index (χ2n) is 3.83. The smallest absolute Gasteiger partial charge is 0.191 e. The van der Waals surface area contributed by atoms with Gasteiger partial charge in [0, 0.05) is 36.3 Å². The summed E-state index contributed by atoms with van der Waals surface area (Å²) in [5.74, 6) is 0.187. The molecule has 0 saturated heterocycles. The van der Waals surface area contributed by atoms with E-state index < -0.39 is 0 Å². The third kappa shape index (κ3) is 2.16. The number of halogens is 1. The van der Waals surface area contributed by atoms with Crippen molar-refractivity contribution in [3.8, 4) is 0 Å². The van der Waals surface area contributed by atoms with Crippen molar-refractivity contribution >= 4 is 33.0 Å². The molecule has 0 amide bonds. The molecule has 0 aliphatic heterocycles. The Morgan fingerprint density at radius 1 is 1.47 bits per heavy atom. The van der Waals surface area contributed by atoms with Crippen LogP contribution >= 0.6 is 27.3 Å². The molecule has 2 nitrogen and oxygen atoms in total. The van der Waals surface area contributed by atoms with E-state index in [1.165, 1.54) is 4.88 Å². The van der Waals surface area contributed by atoms with E-state index in [0.717, 1.165) is 27.8 Å². The Hall–Kier alpha value is -0.610. The van der Waals surface area contributed by atoms with Crippen molar-refractivity contribution in [1.29, 1.82) is 0 Å². The highest BCUT2D eigenvalue weighted by atomic mass is 79.9. The van der Waals surface area contributed by atoms with Crippen LogP contribution in [0.3, 0.4) is 0 Å². The van der Waals surface area contributed by atoms with E-state index in [1.807, 2.05) is 31.3 Å². The van der Waals surface area contributed by atoms with Crippen LogP contribution in [-0.2, 0) is 6.42 Å². The molecule has 0 bridgehead atoms. The number of nitrogens with zero attached hydrogens (tertiary/aromatic N) is 1. The molecule has 4 heteroatoms. The minimum absolute atomic E-state index is 0.187. The topological polar surface area (TPSA) is 20.3 Å². The number of hydrogen-bond acceptors (Lipinski definition) is 3. The zero-order valence-electron chi connectivity index (χ0n) is 8.71. The molecule has 0 spiro atoms. The fraction of sp³-hybridized carbons (Fsp3) is 0.364. The van der Waals surface area contributed by atoms with Crippen molar-refractivity contribution in [3.05, 3.63) is 32.1 Å². The van der Waals surface area contributed by atoms with Crippen LogP contribution in [0.25, 0.3) is 0 Å². The Kier molecular flexibility index (Phi) is 2.98. The number of thiophene rings is 1. The monoisotopic (exact) mass is 285 g/mol. The molecule has 0 radical (unpaired) electrons. The summed E-state index contributed by atoms with van der Waals surface area (Å²) < 4.78 is 1.05. The molecule has 1 heterocycles. The lowest BCUT2D eigenvalue weighted by molar-refractivity contribution is 0.102. The first-order valence-corrected chi connectivity index (χ1v) is 6.39. The Bertz CT molecular complexity index is 434. The second-order valence-corrected chi connectivity index (χ2v) is 6.35. The Balaban J connectivity index is 2.37. The third-order valence-corrected chi connectivity index (χ3v) is 4.05. The van der Waals surface area contributed by atoms with Gasteiger partial charge >= 0.3 is 0 Å². The molecule has 80 valence electrons. The predicted octanol–water partition coefficient (Wildman–Crippen LogP) is 3.09. The Morgan fingerprint density at radius 3 is 2.87 bits per heavy atom. The van der Waals surface area contributed by atoms with Gasteiger partial charge in [0.2, 0.25) is 0 Å². The van der Waals surface area contributed by atoms with Gasteiger partial charge < -0.3 is 4.90 Å². The van der Waals surface area contributed by atoms with Gasteiger partial charge in [-0.3, -0.25) is 4.79 Å². The van der Waals surface area contributed by atoms with Gasteiger partial charge in [-0.1, -0.05) is 0 Å². The van der Waals surface area contributed by atoms with Gasteiger partial charge in [0.1, 0.15) is 0 Å². The average Bonchev–Trinajstić information content (AvgIpc) is 2.51. The molecule has 1 aromatic heterocycles. The van der Waals surface area contributed by atoms with Crippen molar-refractivity contribution in [2.24, 2.45) is 0 Å². The fourth-order valence-electron chi connectivity index (χ4n) is 1.74. The Labute approximate surface area is 102 Å². The first-order valence-electron chi connectivity index (χ1n) is 4.78. The number of aryl methyl sites for hydroxylation is 1. The predicted molar refractivity (Wildman–Crippen MR) is 66.4 cm³/mol. The summed E-state index contributed by atoms with van der Waals surface area (Å²) in [5.41, 5.74) is 1.80. The summed E-state index contributed by atoms with van der Waals surface area (Å²) in [6.07, 6.45) is 3.77. The zero-order valence-corrected chi connectivity index (χ0v) is 11.1. The summed E-state index contributed by atoms with van der Waals surface area (Å²) in [4.78, 5) is 15.2. The van der Waals surface area contributed by atoms with Gasteiger partial charge in [0.05, 0.1) is 3.79 Å². The maximum atomic E-state index is 12.1. The van der Waals surface area contributed by atoms with E-state index in [-0.39, 0.29) is 5.78 Å². The first-order chi connectivity index (χ1) is 7.08. The number of Topliss-reactive ketones (excluding diaryl/α,β-unsaturated/α-hetero) is 1. The largest absolute Gasteiger partial charge is 0.383 e. The van der Waals surface area contributed by atoms with E-state index in [0.29, 0.717) is 0 Å².